The van der Waals surface area contributed by atoms with Gasteiger partial charge in [0.2, 0.25) is 5.91 Å². The number of rotatable bonds is 6. The number of thioether (sulfide) groups is 1. The van der Waals surface area contributed by atoms with Crippen molar-refractivity contribution >= 4 is 40.2 Å². The first-order valence-electron chi connectivity index (χ1n) is 10.2. The van der Waals surface area contributed by atoms with Gasteiger partial charge in [-0.2, -0.15) is 0 Å². The third kappa shape index (κ3) is 4.73. The first-order chi connectivity index (χ1) is 14.5. The Bertz CT molecular complexity index is 1090. The third-order valence-electron chi connectivity index (χ3n) is 5.38. The first kappa shape index (κ1) is 21.0. The number of furan rings is 1. The fraction of sp³-hybridized carbons (Fsp3) is 0.409. The summed E-state index contributed by atoms with van der Waals surface area (Å²) < 4.78 is 6.99. The quantitative estimate of drug-likeness (QED) is 0.442. The van der Waals surface area contributed by atoms with Crippen LogP contribution in [0, 0.1) is 0 Å². The van der Waals surface area contributed by atoms with Crippen LogP contribution < -0.4 is 10.9 Å². The van der Waals surface area contributed by atoms with Crippen LogP contribution >= 0.6 is 23.4 Å². The standard InChI is InChI=1S/C22H24ClN3O3S/c1-14(20(27)24-16-6-3-2-4-7-16)30-22-25-19-12-15(23)9-10-18(19)21(28)26(22)13-17-8-5-11-29-17/h5,8-12,14,16H,2-4,6-7,13H2,1H3,(H,24,27). The summed E-state index contributed by atoms with van der Waals surface area (Å²) in [5.74, 6) is 0.616. The first-order valence-corrected chi connectivity index (χ1v) is 11.5. The molecule has 30 heavy (non-hydrogen) atoms. The van der Waals surface area contributed by atoms with Crippen molar-refractivity contribution in [2.45, 2.75) is 62.0 Å². The van der Waals surface area contributed by atoms with Crippen LogP contribution in [0.4, 0.5) is 0 Å². The van der Waals surface area contributed by atoms with E-state index in [1.807, 2.05) is 13.0 Å². The number of benzene rings is 1. The highest BCUT2D eigenvalue weighted by molar-refractivity contribution is 8.00. The molecule has 8 heteroatoms. The Morgan fingerprint density at radius 1 is 1.33 bits per heavy atom. The lowest BCUT2D eigenvalue weighted by molar-refractivity contribution is -0.121. The van der Waals surface area contributed by atoms with Gasteiger partial charge in [0, 0.05) is 11.1 Å². The molecule has 6 nitrogen and oxygen atoms in total. The topological polar surface area (TPSA) is 77.1 Å². The molecule has 3 aromatic rings. The maximum atomic E-state index is 13.2. The number of hydrogen-bond acceptors (Lipinski definition) is 5. The maximum Gasteiger partial charge on any atom is 0.262 e. The zero-order chi connectivity index (χ0) is 21.1. The molecule has 0 saturated heterocycles. The largest absolute Gasteiger partial charge is 0.467 e. The van der Waals surface area contributed by atoms with E-state index in [4.69, 9.17) is 16.0 Å². The van der Waals surface area contributed by atoms with E-state index in [2.05, 4.69) is 10.3 Å². The SMILES string of the molecule is CC(Sc1nc2cc(Cl)ccc2c(=O)n1Cc1ccco1)C(=O)NC1CCCCC1. The van der Waals surface area contributed by atoms with Crippen molar-refractivity contribution in [2.75, 3.05) is 0 Å². The molecule has 1 aliphatic carbocycles. The normalized spacial score (nSPS) is 15.9. The van der Waals surface area contributed by atoms with Crippen molar-refractivity contribution in [3.63, 3.8) is 0 Å². The van der Waals surface area contributed by atoms with Crippen LogP contribution in [-0.4, -0.2) is 26.8 Å². The van der Waals surface area contributed by atoms with Crippen molar-refractivity contribution < 1.29 is 9.21 Å². The van der Waals surface area contributed by atoms with Crippen LogP contribution in [0.15, 0.2) is 51.0 Å². The number of aromatic nitrogens is 2. The molecule has 0 spiro atoms. The molecule has 0 radical (unpaired) electrons. The van der Waals surface area contributed by atoms with E-state index >= 15 is 0 Å². The second kappa shape index (κ2) is 9.27. The number of nitrogens with one attached hydrogen (secondary N) is 1. The second-order valence-corrected chi connectivity index (χ2v) is 9.37. The summed E-state index contributed by atoms with van der Waals surface area (Å²) in [5.41, 5.74) is 0.334. The molecule has 1 unspecified atom stereocenters. The van der Waals surface area contributed by atoms with E-state index in [9.17, 15) is 9.59 Å². The monoisotopic (exact) mass is 445 g/mol. The van der Waals surface area contributed by atoms with E-state index in [0.717, 1.165) is 25.7 Å². The van der Waals surface area contributed by atoms with Gasteiger partial charge >= 0.3 is 0 Å². The molecule has 1 fully saturated rings. The molecular formula is C22H24ClN3O3S. The minimum atomic E-state index is -0.390. The van der Waals surface area contributed by atoms with Gasteiger partial charge in [0.25, 0.3) is 5.56 Å². The molecule has 1 saturated carbocycles. The van der Waals surface area contributed by atoms with Gasteiger partial charge < -0.3 is 9.73 Å². The number of carbonyl (C=O) groups is 1. The lowest BCUT2D eigenvalue weighted by atomic mass is 9.95. The molecule has 1 N–H and O–H groups in total. The average molecular weight is 446 g/mol. The van der Waals surface area contributed by atoms with Gasteiger partial charge in [0.15, 0.2) is 5.16 Å². The number of hydrogen-bond donors (Lipinski definition) is 1. The minimum Gasteiger partial charge on any atom is -0.467 e. The van der Waals surface area contributed by atoms with E-state index in [-0.39, 0.29) is 24.1 Å². The molecule has 1 atom stereocenters. The number of fused-ring (bicyclic) bond motifs is 1. The lowest BCUT2D eigenvalue weighted by Gasteiger charge is -2.24. The summed E-state index contributed by atoms with van der Waals surface area (Å²) >= 11 is 7.39. The highest BCUT2D eigenvalue weighted by atomic mass is 35.5. The maximum absolute atomic E-state index is 13.2. The molecule has 1 aromatic carbocycles. The summed E-state index contributed by atoms with van der Waals surface area (Å²) in [6.45, 7) is 2.09. The van der Waals surface area contributed by atoms with Crippen molar-refractivity contribution in [1.82, 2.24) is 14.9 Å². The Labute approximate surface area is 184 Å². The van der Waals surface area contributed by atoms with Gasteiger partial charge in [-0.25, -0.2) is 4.98 Å². The minimum absolute atomic E-state index is 0.0307. The number of nitrogens with zero attached hydrogens (tertiary/aromatic N) is 2. The Balaban J connectivity index is 1.63. The molecule has 2 aromatic heterocycles. The summed E-state index contributed by atoms with van der Waals surface area (Å²) in [4.78, 5) is 30.6. The third-order valence-corrected chi connectivity index (χ3v) is 6.70. The Hall–Kier alpha value is -2.25. The molecular weight excluding hydrogens is 422 g/mol. The van der Waals surface area contributed by atoms with Gasteiger partial charge in [-0.15, -0.1) is 0 Å². The van der Waals surface area contributed by atoms with Gasteiger partial charge in [0.05, 0.1) is 29.0 Å². The predicted octanol–water partition coefficient (Wildman–Crippen LogP) is 4.62. The van der Waals surface area contributed by atoms with Crippen molar-refractivity contribution in [1.29, 1.82) is 0 Å². The second-order valence-electron chi connectivity index (χ2n) is 7.63. The van der Waals surface area contributed by atoms with E-state index < -0.39 is 5.25 Å². The smallest absolute Gasteiger partial charge is 0.262 e. The highest BCUT2D eigenvalue weighted by Crippen LogP contribution is 2.25. The predicted molar refractivity (Wildman–Crippen MR) is 119 cm³/mol. The van der Waals surface area contributed by atoms with E-state index in [1.165, 1.54) is 18.2 Å². The molecule has 0 bridgehead atoms. The van der Waals surface area contributed by atoms with Crippen LogP contribution in [0.25, 0.3) is 10.9 Å². The Kier molecular flexibility index (Phi) is 6.49. The molecule has 0 aliphatic heterocycles. The van der Waals surface area contributed by atoms with E-state index in [0.29, 0.717) is 26.8 Å². The van der Waals surface area contributed by atoms with Crippen molar-refractivity contribution in [3.05, 3.63) is 57.7 Å². The highest BCUT2D eigenvalue weighted by Gasteiger charge is 2.23. The fourth-order valence-electron chi connectivity index (χ4n) is 3.74. The van der Waals surface area contributed by atoms with Crippen molar-refractivity contribution in [2.24, 2.45) is 0 Å². The summed E-state index contributed by atoms with van der Waals surface area (Å²) in [7, 11) is 0. The zero-order valence-corrected chi connectivity index (χ0v) is 18.3. The van der Waals surface area contributed by atoms with Crippen LogP contribution in [-0.2, 0) is 11.3 Å². The lowest BCUT2D eigenvalue weighted by Crippen LogP contribution is -2.40. The molecule has 1 amide bonds. The molecule has 158 valence electrons. The van der Waals surface area contributed by atoms with Crippen molar-refractivity contribution in [3.8, 4) is 0 Å². The Morgan fingerprint density at radius 2 is 2.13 bits per heavy atom. The van der Waals surface area contributed by atoms with E-state index in [1.54, 1.807) is 35.1 Å². The van der Waals surface area contributed by atoms with Crippen LogP contribution in [0.2, 0.25) is 5.02 Å². The fourth-order valence-corrected chi connectivity index (χ4v) is 4.82. The summed E-state index contributed by atoms with van der Waals surface area (Å²) in [6.07, 6.45) is 7.17. The van der Waals surface area contributed by atoms with Gasteiger partial charge in [0.1, 0.15) is 5.76 Å². The van der Waals surface area contributed by atoms with Crippen LogP contribution in [0.3, 0.4) is 0 Å². The molecule has 4 rings (SSSR count). The summed E-state index contributed by atoms with van der Waals surface area (Å²) in [6, 6.07) is 8.86. The van der Waals surface area contributed by atoms with Gasteiger partial charge in [-0.1, -0.05) is 42.6 Å². The number of amides is 1. The van der Waals surface area contributed by atoms with Crippen LogP contribution in [0.1, 0.15) is 44.8 Å². The zero-order valence-electron chi connectivity index (χ0n) is 16.8. The Morgan fingerprint density at radius 3 is 2.87 bits per heavy atom. The number of carbonyl (C=O) groups excluding carboxylic acids is 1. The van der Waals surface area contributed by atoms with Gasteiger partial charge in [-0.05, 0) is 50.1 Å². The van der Waals surface area contributed by atoms with Crippen LogP contribution in [0.5, 0.6) is 0 Å². The number of halogens is 1. The average Bonchev–Trinajstić information content (AvgIpc) is 3.24. The van der Waals surface area contributed by atoms with Gasteiger partial charge in [-0.3, -0.25) is 14.2 Å². The molecule has 1 aliphatic rings. The molecule has 2 heterocycles. The summed E-state index contributed by atoms with van der Waals surface area (Å²) in [5, 5.41) is 4.22.